The quantitative estimate of drug-likeness (QED) is 0.874. The molecule has 0 saturated carbocycles. The van der Waals surface area contributed by atoms with Gasteiger partial charge >= 0.3 is 0 Å². The molecule has 0 aliphatic rings. The summed E-state index contributed by atoms with van der Waals surface area (Å²) in [6.07, 6.45) is 2.46. The SMILES string of the molecule is CCn1nc(C)c(Br)c1CC(N)c1ncccc1Br. The Morgan fingerprint density at radius 1 is 1.42 bits per heavy atom. The molecular weight excluding hydrogens is 372 g/mol. The van der Waals surface area contributed by atoms with Gasteiger partial charge in [0.25, 0.3) is 0 Å². The minimum absolute atomic E-state index is 0.159. The van der Waals surface area contributed by atoms with Crippen molar-refractivity contribution in [2.24, 2.45) is 5.73 Å². The van der Waals surface area contributed by atoms with Crippen LogP contribution in [0.15, 0.2) is 27.3 Å². The monoisotopic (exact) mass is 386 g/mol. The lowest BCUT2D eigenvalue weighted by Gasteiger charge is -2.14. The zero-order chi connectivity index (χ0) is 14.0. The van der Waals surface area contributed by atoms with Crippen LogP contribution in [0, 0.1) is 6.92 Å². The normalized spacial score (nSPS) is 12.7. The van der Waals surface area contributed by atoms with Gasteiger partial charge in [-0.25, -0.2) is 0 Å². The fourth-order valence-electron chi connectivity index (χ4n) is 2.04. The van der Waals surface area contributed by atoms with Gasteiger partial charge in [-0.1, -0.05) is 0 Å². The molecule has 1 unspecified atom stereocenters. The van der Waals surface area contributed by atoms with Gasteiger partial charge in [0.1, 0.15) is 0 Å². The maximum absolute atomic E-state index is 6.28. The van der Waals surface area contributed by atoms with Gasteiger partial charge in [0.05, 0.1) is 27.6 Å². The largest absolute Gasteiger partial charge is 0.322 e. The van der Waals surface area contributed by atoms with Gasteiger partial charge in [0, 0.05) is 23.6 Å². The molecule has 102 valence electrons. The Balaban J connectivity index is 2.29. The van der Waals surface area contributed by atoms with Gasteiger partial charge in [-0.05, 0) is 57.8 Å². The first kappa shape index (κ1) is 14.7. The zero-order valence-corrected chi connectivity index (χ0v) is 14.1. The second kappa shape index (κ2) is 6.15. The molecule has 2 heterocycles. The standard InChI is InChI=1S/C13H16Br2N4/c1-3-19-11(12(15)8(2)18-19)7-10(16)13-9(14)5-4-6-17-13/h4-6,10H,3,7,16H2,1-2H3. The van der Waals surface area contributed by atoms with Crippen LogP contribution in [0.4, 0.5) is 0 Å². The van der Waals surface area contributed by atoms with E-state index in [1.807, 2.05) is 23.7 Å². The van der Waals surface area contributed by atoms with E-state index in [1.165, 1.54) is 0 Å². The van der Waals surface area contributed by atoms with Crippen molar-refractivity contribution in [2.45, 2.75) is 32.9 Å². The first-order chi connectivity index (χ1) is 9.04. The van der Waals surface area contributed by atoms with Gasteiger partial charge in [-0.3, -0.25) is 9.67 Å². The summed E-state index contributed by atoms with van der Waals surface area (Å²) < 4.78 is 3.96. The minimum atomic E-state index is -0.159. The van der Waals surface area contributed by atoms with Gasteiger partial charge in [-0.15, -0.1) is 0 Å². The van der Waals surface area contributed by atoms with Crippen LogP contribution in [-0.2, 0) is 13.0 Å². The molecule has 0 aromatic carbocycles. The number of halogens is 2. The number of rotatable bonds is 4. The van der Waals surface area contributed by atoms with Crippen molar-refractivity contribution in [2.75, 3.05) is 0 Å². The smallest absolute Gasteiger partial charge is 0.0738 e. The van der Waals surface area contributed by atoms with Crippen LogP contribution in [0.1, 0.15) is 30.0 Å². The summed E-state index contributed by atoms with van der Waals surface area (Å²) in [6, 6.07) is 3.68. The van der Waals surface area contributed by atoms with E-state index >= 15 is 0 Å². The molecule has 6 heteroatoms. The summed E-state index contributed by atoms with van der Waals surface area (Å²) in [5.41, 5.74) is 9.25. The molecule has 0 spiro atoms. The van der Waals surface area contributed by atoms with Gasteiger partial charge in [-0.2, -0.15) is 5.10 Å². The van der Waals surface area contributed by atoms with Crippen molar-refractivity contribution >= 4 is 31.9 Å². The molecule has 2 aromatic heterocycles. The number of hydrogen-bond donors (Lipinski definition) is 1. The topological polar surface area (TPSA) is 56.7 Å². The maximum Gasteiger partial charge on any atom is 0.0738 e. The van der Waals surface area contributed by atoms with Gasteiger partial charge in [0.2, 0.25) is 0 Å². The van der Waals surface area contributed by atoms with Crippen LogP contribution in [0.25, 0.3) is 0 Å². The van der Waals surface area contributed by atoms with E-state index in [0.717, 1.165) is 32.6 Å². The summed E-state index contributed by atoms with van der Waals surface area (Å²) in [4.78, 5) is 4.35. The average molecular weight is 388 g/mol. The third-order valence-corrected chi connectivity index (χ3v) is 4.71. The van der Waals surface area contributed by atoms with Crippen molar-refractivity contribution in [1.29, 1.82) is 0 Å². The van der Waals surface area contributed by atoms with Crippen LogP contribution in [0.5, 0.6) is 0 Å². The molecule has 0 aliphatic carbocycles. The molecule has 0 saturated heterocycles. The second-order valence-corrected chi connectivity index (χ2v) is 5.99. The Hall–Kier alpha value is -0.720. The Bertz CT molecular complexity index is 580. The van der Waals surface area contributed by atoms with E-state index < -0.39 is 0 Å². The van der Waals surface area contributed by atoms with Crippen molar-refractivity contribution in [1.82, 2.24) is 14.8 Å². The molecule has 19 heavy (non-hydrogen) atoms. The summed E-state index contributed by atoms with van der Waals surface area (Å²) in [6.45, 7) is 4.89. The lowest BCUT2D eigenvalue weighted by Crippen LogP contribution is -2.18. The summed E-state index contributed by atoms with van der Waals surface area (Å²) >= 11 is 7.08. The van der Waals surface area contributed by atoms with Crippen LogP contribution in [-0.4, -0.2) is 14.8 Å². The Morgan fingerprint density at radius 2 is 2.16 bits per heavy atom. The number of nitrogens with zero attached hydrogens (tertiary/aromatic N) is 3. The number of pyridine rings is 1. The van der Waals surface area contributed by atoms with Crippen LogP contribution < -0.4 is 5.73 Å². The molecule has 4 nitrogen and oxygen atoms in total. The number of aromatic nitrogens is 3. The highest BCUT2D eigenvalue weighted by Crippen LogP contribution is 2.27. The van der Waals surface area contributed by atoms with E-state index in [4.69, 9.17) is 5.73 Å². The maximum atomic E-state index is 6.28. The molecular formula is C13H16Br2N4. The minimum Gasteiger partial charge on any atom is -0.322 e. The summed E-state index contributed by atoms with van der Waals surface area (Å²) in [7, 11) is 0. The first-order valence-corrected chi connectivity index (χ1v) is 7.71. The van der Waals surface area contributed by atoms with Crippen LogP contribution in [0.2, 0.25) is 0 Å². The van der Waals surface area contributed by atoms with Crippen molar-refractivity contribution in [3.8, 4) is 0 Å². The van der Waals surface area contributed by atoms with E-state index in [0.29, 0.717) is 6.42 Å². The van der Waals surface area contributed by atoms with Crippen molar-refractivity contribution in [3.63, 3.8) is 0 Å². The van der Waals surface area contributed by atoms with E-state index in [-0.39, 0.29) is 6.04 Å². The summed E-state index contributed by atoms with van der Waals surface area (Å²) in [5, 5.41) is 4.48. The Morgan fingerprint density at radius 3 is 2.79 bits per heavy atom. The third-order valence-electron chi connectivity index (χ3n) is 3.00. The molecule has 0 fully saturated rings. The lowest BCUT2D eigenvalue weighted by molar-refractivity contribution is 0.580. The molecule has 2 N–H and O–H groups in total. The Kier molecular flexibility index (Phi) is 4.76. The lowest BCUT2D eigenvalue weighted by atomic mass is 10.1. The van der Waals surface area contributed by atoms with Crippen LogP contribution in [0.3, 0.4) is 0 Å². The zero-order valence-electron chi connectivity index (χ0n) is 10.9. The van der Waals surface area contributed by atoms with E-state index in [9.17, 15) is 0 Å². The first-order valence-electron chi connectivity index (χ1n) is 6.12. The highest BCUT2D eigenvalue weighted by atomic mass is 79.9. The highest BCUT2D eigenvalue weighted by molar-refractivity contribution is 9.10. The van der Waals surface area contributed by atoms with Gasteiger partial charge < -0.3 is 5.73 Å². The summed E-state index contributed by atoms with van der Waals surface area (Å²) in [5.74, 6) is 0. The molecule has 1 atom stereocenters. The predicted octanol–water partition coefficient (Wildman–Crippen LogP) is 3.37. The average Bonchev–Trinajstić information content (AvgIpc) is 2.67. The van der Waals surface area contributed by atoms with E-state index in [2.05, 4.69) is 48.9 Å². The van der Waals surface area contributed by atoms with Crippen molar-refractivity contribution in [3.05, 3.63) is 44.4 Å². The van der Waals surface area contributed by atoms with Crippen molar-refractivity contribution < 1.29 is 0 Å². The number of nitrogens with two attached hydrogens (primary N) is 1. The van der Waals surface area contributed by atoms with Gasteiger partial charge in [0.15, 0.2) is 0 Å². The highest BCUT2D eigenvalue weighted by Gasteiger charge is 2.18. The second-order valence-electron chi connectivity index (χ2n) is 4.34. The predicted molar refractivity (Wildman–Crippen MR) is 82.9 cm³/mol. The molecule has 0 aliphatic heterocycles. The molecule has 0 bridgehead atoms. The molecule has 0 amide bonds. The fraction of sp³-hybridized carbons (Fsp3) is 0.385. The van der Waals surface area contributed by atoms with E-state index in [1.54, 1.807) is 6.20 Å². The Labute approximate surface area is 129 Å². The van der Waals surface area contributed by atoms with Crippen LogP contribution >= 0.6 is 31.9 Å². The fourth-order valence-corrected chi connectivity index (χ4v) is 3.03. The number of hydrogen-bond acceptors (Lipinski definition) is 3. The number of aryl methyl sites for hydroxylation is 2. The third kappa shape index (κ3) is 3.07. The molecule has 2 aromatic rings. The molecule has 2 rings (SSSR count). The molecule has 0 radical (unpaired) electrons.